The Labute approximate surface area is 224 Å². The number of Topliss-reactive ketones (excluding diaryl/α,β-unsaturated/α-hetero) is 4. The van der Waals surface area contributed by atoms with Crippen LogP contribution in [0.15, 0.2) is 60.7 Å². The normalized spacial score (nSPS) is 9.37. The molecule has 8 heteroatoms. The Hall–Kier alpha value is -3.88. The fourth-order valence-electron chi connectivity index (χ4n) is 2.86. The van der Waals surface area contributed by atoms with Crippen LogP contribution in [0.2, 0.25) is 0 Å². The summed E-state index contributed by atoms with van der Waals surface area (Å²) < 4.78 is 19.0. The second-order valence-corrected chi connectivity index (χ2v) is 8.04. The smallest absolute Gasteiger partial charge is 0.159 e. The summed E-state index contributed by atoms with van der Waals surface area (Å²) in [6, 6.07) is 18.5. The largest absolute Gasteiger partial charge is 0.497 e. The van der Waals surface area contributed by atoms with Crippen molar-refractivity contribution in [2.75, 3.05) is 35.2 Å². The third-order valence-corrected chi connectivity index (χ3v) is 4.68. The number of benzene rings is 3. The molecule has 3 aromatic carbocycles. The number of carbonyl (C=O) groups is 4. The van der Waals surface area contributed by atoms with E-state index in [1.165, 1.54) is 13.8 Å². The minimum atomic E-state index is -0.0625. The Morgan fingerprint density at radius 3 is 1.34 bits per heavy atom. The molecule has 0 aromatic heterocycles. The van der Waals surface area contributed by atoms with E-state index in [0.29, 0.717) is 12.4 Å². The highest BCUT2D eigenvalue weighted by molar-refractivity contribution is 5.98. The fraction of sp³-hybridized carbons (Fsp3) is 0.333. The van der Waals surface area contributed by atoms with Gasteiger partial charge in [0.25, 0.3) is 0 Å². The third kappa shape index (κ3) is 14.6. The summed E-state index contributed by atoms with van der Waals surface area (Å²) >= 11 is 0. The van der Waals surface area contributed by atoms with Gasteiger partial charge in [0.05, 0.1) is 20.6 Å². The third-order valence-electron chi connectivity index (χ3n) is 4.68. The summed E-state index contributed by atoms with van der Waals surface area (Å²) in [7, 11) is 6.42. The van der Waals surface area contributed by atoms with Gasteiger partial charge in [0.15, 0.2) is 11.6 Å². The van der Waals surface area contributed by atoms with Gasteiger partial charge in [-0.1, -0.05) is 18.2 Å². The molecular formula is C30H38O8. The molecule has 3 rings (SSSR count). The number of rotatable bonds is 8. The molecule has 0 atom stereocenters. The van der Waals surface area contributed by atoms with Crippen LogP contribution >= 0.6 is 0 Å². The van der Waals surface area contributed by atoms with Gasteiger partial charge in [-0.05, 0) is 80.9 Å². The molecule has 0 aliphatic heterocycles. The molecule has 0 unspecified atom stereocenters. The van der Waals surface area contributed by atoms with E-state index in [9.17, 15) is 19.2 Å². The van der Waals surface area contributed by atoms with Gasteiger partial charge in [-0.3, -0.25) is 19.2 Å². The van der Waals surface area contributed by atoms with E-state index in [-0.39, 0.29) is 29.6 Å². The van der Waals surface area contributed by atoms with Crippen molar-refractivity contribution < 1.29 is 38.1 Å². The Kier molecular flexibility index (Phi) is 17.3. The first-order valence-corrected chi connectivity index (χ1v) is 11.7. The Morgan fingerprint density at radius 2 is 0.974 bits per heavy atom. The lowest BCUT2D eigenvalue weighted by atomic mass is 10.0. The fourth-order valence-corrected chi connectivity index (χ4v) is 2.86. The SMILES string of the molecule is CC(=O)CC(C)=O.COCOC.COc1ccc(C(C)=O)cc1.COc1ccc2cc(C(C)=O)ccc2c1. The minimum Gasteiger partial charge on any atom is -0.497 e. The van der Waals surface area contributed by atoms with Crippen LogP contribution in [0.1, 0.15) is 54.8 Å². The molecule has 8 nitrogen and oxygen atoms in total. The zero-order chi connectivity index (χ0) is 29.1. The summed E-state index contributed by atoms with van der Waals surface area (Å²) in [5.74, 6) is 1.65. The molecular weight excluding hydrogens is 488 g/mol. The van der Waals surface area contributed by atoms with Crippen LogP contribution < -0.4 is 9.47 Å². The molecule has 0 N–H and O–H groups in total. The van der Waals surface area contributed by atoms with E-state index in [1.807, 2.05) is 36.4 Å². The van der Waals surface area contributed by atoms with Crippen molar-refractivity contribution in [3.63, 3.8) is 0 Å². The standard InChI is InChI=1S/C13H12O2.C9H10O2.C5H8O2.C3H8O2/c1-9(14)10-3-4-12-8-13(15-2)6-5-11(12)7-10;1-7(10)8-3-5-9(11-2)6-4-8;1-4(6)3-5(2)7;1-4-3-5-2/h3-8H,1-2H3;3-6H,1-2H3;3H2,1-2H3;3H2,1-2H3. The molecule has 0 aliphatic rings. The number of fused-ring (bicyclic) bond motifs is 1. The predicted octanol–water partition coefficient (Wildman–Crippen LogP) is 5.74. The number of ketones is 4. The molecule has 0 amide bonds. The van der Waals surface area contributed by atoms with Crippen LogP contribution in [0.25, 0.3) is 10.8 Å². The van der Waals surface area contributed by atoms with E-state index in [2.05, 4.69) is 9.47 Å². The first-order chi connectivity index (χ1) is 18.0. The van der Waals surface area contributed by atoms with Crippen molar-refractivity contribution in [2.45, 2.75) is 34.1 Å². The van der Waals surface area contributed by atoms with Crippen molar-refractivity contribution >= 4 is 33.9 Å². The van der Waals surface area contributed by atoms with Crippen LogP contribution in [0, 0.1) is 0 Å². The molecule has 0 saturated carbocycles. The Balaban J connectivity index is 0.000000525. The maximum Gasteiger partial charge on any atom is 0.159 e. The summed E-state index contributed by atoms with van der Waals surface area (Å²) in [6.45, 7) is 6.31. The van der Waals surface area contributed by atoms with E-state index >= 15 is 0 Å². The maximum absolute atomic E-state index is 11.2. The van der Waals surface area contributed by atoms with E-state index in [4.69, 9.17) is 9.47 Å². The van der Waals surface area contributed by atoms with Gasteiger partial charge < -0.3 is 18.9 Å². The highest BCUT2D eigenvalue weighted by atomic mass is 16.6. The topological polar surface area (TPSA) is 105 Å². The van der Waals surface area contributed by atoms with Crippen LogP contribution in [0.3, 0.4) is 0 Å². The zero-order valence-electron chi connectivity index (χ0n) is 23.5. The van der Waals surface area contributed by atoms with Crippen molar-refractivity contribution in [3.8, 4) is 11.5 Å². The first-order valence-electron chi connectivity index (χ1n) is 11.7. The van der Waals surface area contributed by atoms with Crippen molar-refractivity contribution in [3.05, 3.63) is 71.8 Å². The van der Waals surface area contributed by atoms with Crippen LogP contribution in [-0.2, 0) is 19.1 Å². The van der Waals surface area contributed by atoms with Crippen LogP contribution in [0.4, 0.5) is 0 Å². The minimum absolute atomic E-state index is 0.0625. The number of hydrogen-bond donors (Lipinski definition) is 0. The summed E-state index contributed by atoms with van der Waals surface area (Å²) in [6.07, 6.45) is 0.0833. The lowest BCUT2D eigenvalue weighted by Crippen LogP contribution is -1.97. The quantitative estimate of drug-likeness (QED) is 0.208. The first kappa shape index (κ1) is 34.1. The van der Waals surface area contributed by atoms with Crippen molar-refractivity contribution in [1.82, 2.24) is 0 Å². The lowest BCUT2D eigenvalue weighted by molar-refractivity contribution is -0.124. The van der Waals surface area contributed by atoms with Gasteiger partial charge in [-0.15, -0.1) is 0 Å². The Bertz CT molecular complexity index is 1150. The highest BCUT2D eigenvalue weighted by Crippen LogP contribution is 2.21. The van der Waals surface area contributed by atoms with E-state index < -0.39 is 0 Å². The maximum atomic E-state index is 11.2. The van der Waals surface area contributed by atoms with E-state index in [0.717, 1.165) is 27.8 Å². The predicted molar refractivity (Wildman–Crippen MR) is 148 cm³/mol. The van der Waals surface area contributed by atoms with Crippen molar-refractivity contribution in [1.29, 1.82) is 0 Å². The second-order valence-electron chi connectivity index (χ2n) is 8.04. The number of ether oxygens (including phenoxy) is 4. The summed E-state index contributed by atoms with van der Waals surface area (Å²) in [5.41, 5.74) is 1.46. The monoisotopic (exact) mass is 526 g/mol. The van der Waals surface area contributed by atoms with Gasteiger partial charge in [-0.2, -0.15) is 0 Å². The molecule has 0 spiro atoms. The highest BCUT2D eigenvalue weighted by Gasteiger charge is 2.01. The Morgan fingerprint density at radius 1 is 0.553 bits per heavy atom. The average Bonchev–Trinajstić information content (AvgIpc) is 2.88. The van der Waals surface area contributed by atoms with Crippen LogP contribution in [-0.4, -0.2) is 58.4 Å². The van der Waals surface area contributed by atoms with Gasteiger partial charge in [0.2, 0.25) is 0 Å². The van der Waals surface area contributed by atoms with Gasteiger partial charge in [0, 0.05) is 25.3 Å². The molecule has 3 aromatic rings. The molecule has 0 radical (unpaired) electrons. The number of carbonyl (C=O) groups excluding carboxylic acids is 4. The summed E-state index contributed by atoms with van der Waals surface area (Å²) in [4.78, 5) is 42.1. The second kappa shape index (κ2) is 19.3. The van der Waals surface area contributed by atoms with E-state index in [1.54, 1.807) is 66.6 Å². The average molecular weight is 527 g/mol. The molecule has 0 heterocycles. The number of hydrogen-bond acceptors (Lipinski definition) is 8. The summed E-state index contributed by atoms with van der Waals surface area (Å²) in [5, 5.41) is 2.14. The molecule has 0 saturated heterocycles. The van der Waals surface area contributed by atoms with Gasteiger partial charge >= 0.3 is 0 Å². The van der Waals surface area contributed by atoms with Gasteiger partial charge in [0.1, 0.15) is 29.9 Å². The number of methoxy groups -OCH3 is 4. The lowest BCUT2D eigenvalue weighted by Gasteiger charge is -2.03. The molecule has 38 heavy (non-hydrogen) atoms. The van der Waals surface area contributed by atoms with Gasteiger partial charge in [-0.25, -0.2) is 0 Å². The van der Waals surface area contributed by atoms with Crippen molar-refractivity contribution in [2.24, 2.45) is 0 Å². The zero-order valence-corrected chi connectivity index (χ0v) is 23.5. The molecule has 0 fully saturated rings. The molecule has 0 aliphatic carbocycles. The molecule has 0 bridgehead atoms. The molecule has 206 valence electrons. The van der Waals surface area contributed by atoms with Crippen LogP contribution in [0.5, 0.6) is 11.5 Å².